The molecule has 0 amide bonds. The Kier molecular flexibility index (Phi) is 14.0. The van der Waals surface area contributed by atoms with Crippen molar-refractivity contribution >= 4 is 26.4 Å². The molecule has 0 aromatic heterocycles. The van der Waals surface area contributed by atoms with Gasteiger partial charge < -0.3 is 24.8 Å². The number of allylic oxidation sites excluding steroid dienone is 4. The van der Waals surface area contributed by atoms with Gasteiger partial charge in [0.2, 0.25) is 0 Å². The van der Waals surface area contributed by atoms with E-state index in [4.69, 9.17) is 23.2 Å². The maximum atomic E-state index is 6.95. The number of aryl methyl sites for hydroxylation is 6. The third-order valence-electron chi connectivity index (χ3n) is 12.4. The zero-order chi connectivity index (χ0) is 41.2. The molecule has 8 rings (SSSR count). The third kappa shape index (κ3) is 8.70. The largest absolute Gasteiger partial charge is 1.00 e. The maximum absolute atomic E-state index is 6.95. The van der Waals surface area contributed by atoms with Crippen molar-refractivity contribution in [2.45, 2.75) is 79.3 Å². The summed E-state index contributed by atoms with van der Waals surface area (Å²) in [5.74, 6) is 0.360. The van der Waals surface area contributed by atoms with E-state index in [1.165, 1.54) is 97.8 Å². The van der Waals surface area contributed by atoms with Crippen LogP contribution in [0.4, 0.5) is 0 Å². The molecule has 0 saturated carbocycles. The molecule has 0 heterocycles. The number of halogens is 4. The van der Waals surface area contributed by atoms with Crippen LogP contribution in [0.5, 0.6) is 0 Å². The fourth-order valence-corrected chi connectivity index (χ4v) is 20.2. The molecule has 0 bridgehead atoms. The molecular weight excluding hydrogens is 894 g/mol. The van der Waals surface area contributed by atoms with E-state index in [-0.39, 0.29) is 33.9 Å². The van der Waals surface area contributed by atoms with Gasteiger partial charge in [-0.05, 0) is 0 Å². The Labute approximate surface area is 389 Å². The van der Waals surface area contributed by atoms with Crippen molar-refractivity contribution in [1.82, 2.24) is 0 Å². The van der Waals surface area contributed by atoms with Crippen molar-refractivity contribution in [3.05, 3.63) is 196 Å². The normalized spacial score (nSPS) is 14.3. The first-order chi connectivity index (χ1) is 27.6. The van der Waals surface area contributed by atoms with Gasteiger partial charge in [-0.1, -0.05) is 0 Å². The van der Waals surface area contributed by atoms with Gasteiger partial charge in [0, 0.05) is 0 Å². The molecule has 0 radical (unpaired) electrons. The standard InChI is InChI=1S/C31H29.C13H8Cl2.C11H17.2ClH.Zr/c1-18-11-20(3)30(21(4)12-18)24-7-9-28-26(15-24)17-27-16-25(8-10-29(27)28)31-22(5)13-19(2)14-23(31)6;14-12-5-1-3-10(8-12)7-11-4-2-6-13(15)9-11;1-5-9-6-7-10(8-9)11(2,3)4;;;/h7-17H,1-6H3;1-6,8-9H;7-9H,5H2,1-4H3;2*1H;/q;;;;;+2/p-2. The molecule has 60 heavy (non-hydrogen) atoms. The maximum Gasteiger partial charge on any atom is -1.00 e. The van der Waals surface area contributed by atoms with Gasteiger partial charge in [0.15, 0.2) is 0 Å². The molecule has 0 N–H and O–H groups in total. The number of benzene rings is 6. The molecule has 5 heteroatoms. The van der Waals surface area contributed by atoms with E-state index in [0.717, 1.165) is 16.5 Å². The second-order valence-corrected chi connectivity index (χ2v) is 24.9. The fourth-order valence-electron chi connectivity index (χ4n) is 10.1. The van der Waals surface area contributed by atoms with Crippen LogP contribution in [0.25, 0.3) is 33.4 Å². The van der Waals surface area contributed by atoms with E-state index in [2.05, 4.69) is 178 Å². The molecule has 0 fully saturated rings. The monoisotopic (exact) mass is 944 g/mol. The molecular formula is C55H54Cl4Zr. The van der Waals surface area contributed by atoms with E-state index in [1.54, 1.807) is 3.28 Å². The summed E-state index contributed by atoms with van der Waals surface area (Å²) in [6.07, 6.45) is 6.31. The van der Waals surface area contributed by atoms with Crippen LogP contribution in [-0.4, -0.2) is 3.21 Å². The molecule has 6 aromatic carbocycles. The quantitative estimate of drug-likeness (QED) is 0.150. The van der Waals surface area contributed by atoms with Crippen molar-refractivity contribution in [2.75, 3.05) is 0 Å². The van der Waals surface area contributed by atoms with E-state index < -0.39 is 21.3 Å². The minimum atomic E-state index is -3.23. The Balaban J connectivity index is 0.00000302. The molecule has 1 unspecified atom stereocenters. The van der Waals surface area contributed by atoms with Crippen molar-refractivity contribution in [2.24, 2.45) is 11.3 Å². The van der Waals surface area contributed by atoms with Gasteiger partial charge in [0.25, 0.3) is 0 Å². The number of hydrogen-bond acceptors (Lipinski definition) is 0. The predicted molar refractivity (Wildman–Crippen MR) is 249 cm³/mol. The van der Waals surface area contributed by atoms with Crippen LogP contribution in [0.1, 0.15) is 93.4 Å². The van der Waals surface area contributed by atoms with Gasteiger partial charge >= 0.3 is 368 Å². The first kappa shape index (κ1) is 46.2. The van der Waals surface area contributed by atoms with Crippen LogP contribution in [0, 0.1) is 52.9 Å². The Morgan fingerprint density at radius 1 is 0.583 bits per heavy atom. The molecule has 0 nitrogen and oxygen atoms in total. The van der Waals surface area contributed by atoms with Gasteiger partial charge in [-0.3, -0.25) is 0 Å². The van der Waals surface area contributed by atoms with Crippen LogP contribution in [0.3, 0.4) is 0 Å². The van der Waals surface area contributed by atoms with E-state index in [9.17, 15) is 0 Å². The second-order valence-electron chi connectivity index (χ2n) is 17.9. The average molecular weight is 948 g/mol. The Hall–Kier alpha value is -3.29. The number of fused-ring (bicyclic) bond motifs is 3. The summed E-state index contributed by atoms with van der Waals surface area (Å²) in [7, 11) is 0. The number of hydrogen-bond donors (Lipinski definition) is 0. The predicted octanol–water partition coefficient (Wildman–Crippen LogP) is 10.0. The van der Waals surface area contributed by atoms with E-state index >= 15 is 0 Å². The second kappa shape index (κ2) is 18.2. The van der Waals surface area contributed by atoms with Crippen LogP contribution in [-0.2, 0) is 21.3 Å². The van der Waals surface area contributed by atoms with Gasteiger partial charge in [0.05, 0.1) is 0 Å². The molecule has 0 spiro atoms. The molecule has 0 saturated heterocycles. The Bertz CT molecular complexity index is 2540. The van der Waals surface area contributed by atoms with E-state index in [1.807, 2.05) is 12.1 Å². The smallest absolute Gasteiger partial charge is 1.00 e. The van der Waals surface area contributed by atoms with Crippen molar-refractivity contribution < 1.29 is 46.1 Å². The van der Waals surface area contributed by atoms with Gasteiger partial charge in [-0.2, -0.15) is 0 Å². The number of rotatable bonds is 7. The first-order valence-electron chi connectivity index (χ1n) is 20.8. The summed E-state index contributed by atoms with van der Waals surface area (Å²) >= 11 is 10.7. The van der Waals surface area contributed by atoms with E-state index in [0.29, 0.717) is 5.92 Å². The minimum Gasteiger partial charge on any atom is -1.00 e. The van der Waals surface area contributed by atoms with Crippen molar-refractivity contribution in [1.29, 1.82) is 0 Å². The van der Waals surface area contributed by atoms with Crippen LogP contribution >= 0.6 is 23.2 Å². The Morgan fingerprint density at radius 2 is 1.02 bits per heavy atom. The molecule has 1 atom stereocenters. The summed E-state index contributed by atoms with van der Waals surface area (Å²) < 4.78 is 3.30. The zero-order valence-corrected chi connectivity index (χ0v) is 41.9. The van der Waals surface area contributed by atoms with Crippen molar-refractivity contribution in [3.63, 3.8) is 0 Å². The molecule has 2 aliphatic rings. The van der Waals surface area contributed by atoms with Gasteiger partial charge in [0.1, 0.15) is 0 Å². The molecule has 0 aliphatic heterocycles. The molecule has 306 valence electrons. The minimum absolute atomic E-state index is 0. The summed E-state index contributed by atoms with van der Waals surface area (Å²) in [4.78, 5) is 0. The molecule has 2 aliphatic carbocycles. The van der Waals surface area contributed by atoms with Gasteiger partial charge in [-0.25, -0.2) is 0 Å². The van der Waals surface area contributed by atoms with Crippen LogP contribution < -0.4 is 24.8 Å². The van der Waals surface area contributed by atoms with Crippen molar-refractivity contribution in [3.8, 4) is 33.4 Å². The fraction of sp³-hybridized carbons (Fsp3) is 0.255. The average Bonchev–Trinajstić information content (AvgIpc) is 3.72. The third-order valence-corrected chi connectivity index (χ3v) is 21.4. The summed E-state index contributed by atoms with van der Waals surface area (Å²) in [6.45, 7) is 23.0. The summed E-state index contributed by atoms with van der Waals surface area (Å²) in [6, 6.07) is 41.4. The summed E-state index contributed by atoms with van der Waals surface area (Å²) in [5, 5.41) is 1.52. The van der Waals surface area contributed by atoms with Crippen LogP contribution in [0.15, 0.2) is 130 Å². The Morgan fingerprint density at radius 3 is 1.40 bits per heavy atom. The zero-order valence-electron chi connectivity index (χ0n) is 36.4. The summed E-state index contributed by atoms with van der Waals surface area (Å²) in [5.41, 5.74) is 22.7. The van der Waals surface area contributed by atoms with Crippen LogP contribution in [0.2, 0.25) is 10.0 Å². The van der Waals surface area contributed by atoms with Gasteiger partial charge in [-0.15, -0.1) is 0 Å². The first-order valence-corrected chi connectivity index (χ1v) is 25.4. The topological polar surface area (TPSA) is 0 Å². The molecule has 6 aromatic rings. The SMILES string of the molecule is CCC1C=C(C(C)(C)C)C=[C]1[Zr+2](=[C](c1cccc(Cl)c1)c1cccc(Cl)c1)[CH]1c2cc(-c3c(C)cc(C)cc3C)ccc2-c2ccc(-c3c(C)cc(C)cc3C)cc21.[Cl-].[Cl-].